The summed E-state index contributed by atoms with van der Waals surface area (Å²) in [5, 5.41) is 4.50. The van der Waals surface area contributed by atoms with Gasteiger partial charge in [-0.3, -0.25) is 5.43 Å². The van der Waals surface area contributed by atoms with Crippen molar-refractivity contribution in [3.05, 3.63) is 18.3 Å². The highest BCUT2D eigenvalue weighted by atomic mass is 32.2. The minimum atomic E-state index is -3.47. The maximum atomic E-state index is 12.5. The van der Waals surface area contributed by atoms with Crippen LogP contribution in [0.3, 0.4) is 0 Å². The zero-order valence-corrected chi connectivity index (χ0v) is 16.7. The highest BCUT2D eigenvalue weighted by molar-refractivity contribution is 7.89. The van der Waals surface area contributed by atoms with Crippen LogP contribution in [0.4, 0.5) is 5.82 Å². The van der Waals surface area contributed by atoms with Gasteiger partial charge in [-0.2, -0.15) is 9.41 Å². The number of anilines is 1. The van der Waals surface area contributed by atoms with Crippen molar-refractivity contribution in [1.29, 1.82) is 0 Å². The molecule has 1 aliphatic rings. The minimum absolute atomic E-state index is 0.210. The fourth-order valence-electron chi connectivity index (χ4n) is 3.65. The molecular formula is C18H30N4O2S. The van der Waals surface area contributed by atoms with Crippen LogP contribution >= 0.6 is 0 Å². The van der Waals surface area contributed by atoms with Crippen molar-refractivity contribution in [2.24, 2.45) is 16.4 Å². The first kappa shape index (κ1) is 19.8. The van der Waals surface area contributed by atoms with Crippen LogP contribution in [-0.4, -0.2) is 36.5 Å². The third-order valence-electron chi connectivity index (χ3n) is 4.58. The van der Waals surface area contributed by atoms with E-state index in [2.05, 4.69) is 36.3 Å². The minimum Gasteiger partial charge on any atom is -0.261 e. The van der Waals surface area contributed by atoms with Gasteiger partial charge in [0.2, 0.25) is 10.0 Å². The van der Waals surface area contributed by atoms with Crippen LogP contribution in [0.25, 0.3) is 0 Å². The standard InChI is InChI=1S/C18H30N4O2S/c1-6-22(7-2)25(23,24)16-8-9-17(19-13-16)21-20-15-10-14(3)11-18(4,5)12-15/h8-9,13-14H,6-7,10-12H2,1-5H3,(H,19,21)/b20-15-. The van der Waals surface area contributed by atoms with Crippen molar-refractivity contribution in [2.75, 3.05) is 18.5 Å². The molecule has 0 amide bonds. The summed E-state index contributed by atoms with van der Waals surface area (Å²) < 4.78 is 26.3. The normalized spacial score (nSPS) is 22.3. The van der Waals surface area contributed by atoms with E-state index in [1.807, 2.05) is 13.8 Å². The van der Waals surface area contributed by atoms with E-state index in [1.54, 1.807) is 12.1 Å². The maximum Gasteiger partial charge on any atom is 0.244 e. The Kier molecular flexibility index (Phi) is 6.21. The summed E-state index contributed by atoms with van der Waals surface area (Å²) in [4.78, 5) is 4.42. The van der Waals surface area contributed by atoms with Crippen LogP contribution in [0.2, 0.25) is 0 Å². The van der Waals surface area contributed by atoms with Crippen molar-refractivity contribution in [2.45, 2.75) is 58.8 Å². The summed E-state index contributed by atoms with van der Waals surface area (Å²) >= 11 is 0. The van der Waals surface area contributed by atoms with Gasteiger partial charge in [-0.1, -0.05) is 34.6 Å². The molecule has 0 aromatic carbocycles. The number of hydrazone groups is 1. The van der Waals surface area contributed by atoms with Crippen LogP contribution in [0.5, 0.6) is 0 Å². The topological polar surface area (TPSA) is 74.7 Å². The number of pyridine rings is 1. The second-order valence-electron chi connectivity index (χ2n) is 7.61. The zero-order valence-electron chi connectivity index (χ0n) is 15.9. The van der Waals surface area contributed by atoms with E-state index in [1.165, 1.54) is 16.9 Å². The Balaban J connectivity index is 2.09. The number of aromatic nitrogens is 1. The van der Waals surface area contributed by atoms with Gasteiger partial charge in [0.15, 0.2) is 0 Å². The molecule has 1 aromatic heterocycles. The first-order valence-corrected chi connectivity index (χ1v) is 10.4. The molecule has 6 nitrogen and oxygen atoms in total. The molecule has 1 atom stereocenters. The Morgan fingerprint density at radius 2 is 2.00 bits per heavy atom. The van der Waals surface area contributed by atoms with Gasteiger partial charge in [-0.15, -0.1) is 0 Å². The molecule has 7 heteroatoms. The van der Waals surface area contributed by atoms with Gasteiger partial charge in [0.05, 0.1) is 0 Å². The molecule has 25 heavy (non-hydrogen) atoms. The molecule has 1 aliphatic carbocycles. The zero-order chi connectivity index (χ0) is 18.7. The van der Waals surface area contributed by atoms with Crippen LogP contribution in [0.1, 0.15) is 53.9 Å². The van der Waals surface area contributed by atoms with E-state index in [-0.39, 0.29) is 10.3 Å². The number of hydrogen-bond acceptors (Lipinski definition) is 5. The molecule has 0 aliphatic heterocycles. The fraction of sp³-hybridized carbons (Fsp3) is 0.667. The summed E-state index contributed by atoms with van der Waals surface area (Å²) in [6.45, 7) is 11.3. The molecule has 1 N–H and O–H groups in total. The lowest BCUT2D eigenvalue weighted by atomic mass is 9.72. The molecule has 0 bridgehead atoms. The Hall–Kier alpha value is -1.47. The third-order valence-corrected chi connectivity index (χ3v) is 6.61. The summed E-state index contributed by atoms with van der Waals surface area (Å²) in [5.41, 5.74) is 4.39. The molecule has 0 spiro atoms. The molecule has 1 unspecified atom stereocenters. The average molecular weight is 367 g/mol. The summed E-state index contributed by atoms with van der Waals surface area (Å²) in [6.07, 6.45) is 4.56. The summed E-state index contributed by atoms with van der Waals surface area (Å²) in [5.74, 6) is 1.18. The molecule has 1 saturated carbocycles. The van der Waals surface area contributed by atoms with E-state index in [0.717, 1.165) is 18.6 Å². The monoisotopic (exact) mass is 366 g/mol. The highest BCUT2D eigenvalue weighted by Gasteiger charge is 2.29. The molecule has 1 aromatic rings. The van der Waals surface area contributed by atoms with Crippen molar-refractivity contribution >= 4 is 21.6 Å². The number of rotatable bonds is 6. The largest absolute Gasteiger partial charge is 0.261 e. The van der Waals surface area contributed by atoms with Gasteiger partial charge in [0, 0.05) is 25.0 Å². The van der Waals surface area contributed by atoms with E-state index >= 15 is 0 Å². The lowest BCUT2D eigenvalue weighted by molar-refractivity contribution is 0.266. The van der Waals surface area contributed by atoms with Crippen LogP contribution in [-0.2, 0) is 10.0 Å². The van der Waals surface area contributed by atoms with Crippen molar-refractivity contribution in [3.63, 3.8) is 0 Å². The van der Waals surface area contributed by atoms with Crippen LogP contribution < -0.4 is 5.43 Å². The summed E-state index contributed by atoms with van der Waals surface area (Å²) in [6, 6.07) is 3.24. The van der Waals surface area contributed by atoms with Crippen molar-refractivity contribution in [3.8, 4) is 0 Å². The van der Waals surface area contributed by atoms with Gasteiger partial charge in [-0.05, 0) is 42.7 Å². The molecule has 0 saturated heterocycles. The third kappa shape index (κ3) is 5.01. The molecular weight excluding hydrogens is 336 g/mol. The second-order valence-corrected chi connectivity index (χ2v) is 9.55. The SMILES string of the molecule is CCN(CC)S(=O)(=O)c1ccc(N/N=C2/CC(C)CC(C)(C)C2)nc1. The van der Waals surface area contributed by atoms with Gasteiger partial charge < -0.3 is 0 Å². The van der Waals surface area contributed by atoms with Crippen LogP contribution in [0, 0.1) is 11.3 Å². The first-order chi connectivity index (χ1) is 11.7. The molecule has 0 radical (unpaired) electrons. The first-order valence-electron chi connectivity index (χ1n) is 8.95. The molecule has 1 fully saturated rings. The van der Waals surface area contributed by atoms with E-state index < -0.39 is 10.0 Å². The predicted molar refractivity (Wildman–Crippen MR) is 102 cm³/mol. The lowest BCUT2D eigenvalue weighted by Gasteiger charge is -2.34. The van der Waals surface area contributed by atoms with Gasteiger partial charge >= 0.3 is 0 Å². The van der Waals surface area contributed by atoms with E-state index in [9.17, 15) is 8.42 Å². The highest BCUT2D eigenvalue weighted by Crippen LogP contribution is 2.37. The summed E-state index contributed by atoms with van der Waals surface area (Å²) in [7, 11) is -3.47. The Morgan fingerprint density at radius 1 is 1.32 bits per heavy atom. The quantitative estimate of drug-likeness (QED) is 0.779. The number of hydrogen-bond donors (Lipinski definition) is 1. The fourth-order valence-corrected chi connectivity index (χ4v) is 5.05. The maximum absolute atomic E-state index is 12.5. The molecule has 140 valence electrons. The van der Waals surface area contributed by atoms with Gasteiger partial charge in [0.25, 0.3) is 0 Å². The van der Waals surface area contributed by atoms with Crippen molar-refractivity contribution < 1.29 is 8.42 Å². The predicted octanol–water partition coefficient (Wildman–Crippen LogP) is 3.73. The Labute approximate surface area is 151 Å². The molecule has 2 rings (SSSR count). The second kappa shape index (κ2) is 7.83. The smallest absolute Gasteiger partial charge is 0.244 e. The number of nitrogens with one attached hydrogen (secondary N) is 1. The van der Waals surface area contributed by atoms with E-state index in [4.69, 9.17) is 0 Å². The van der Waals surface area contributed by atoms with Gasteiger partial charge in [-0.25, -0.2) is 13.4 Å². The Morgan fingerprint density at radius 3 is 2.52 bits per heavy atom. The molecule has 1 heterocycles. The van der Waals surface area contributed by atoms with Crippen LogP contribution in [0.15, 0.2) is 28.3 Å². The van der Waals surface area contributed by atoms with E-state index in [0.29, 0.717) is 24.8 Å². The van der Waals surface area contributed by atoms with Gasteiger partial charge in [0.1, 0.15) is 10.7 Å². The number of sulfonamides is 1. The Bertz CT molecular complexity index is 707. The van der Waals surface area contributed by atoms with Crippen molar-refractivity contribution in [1.82, 2.24) is 9.29 Å². The number of nitrogens with zero attached hydrogens (tertiary/aromatic N) is 3. The lowest BCUT2D eigenvalue weighted by Crippen LogP contribution is -2.30. The average Bonchev–Trinajstić information content (AvgIpc) is 2.52.